The topological polar surface area (TPSA) is 83.2 Å². The van der Waals surface area contributed by atoms with E-state index in [2.05, 4.69) is 13.8 Å². The van der Waals surface area contributed by atoms with Crippen molar-refractivity contribution in [1.29, 1.82) is 0 Å². The molecule has 5 nitrogen and oxygen atoms in total. The van der Waals surface area contributed by atoms with Crippen molar-refractivity contribution in [3.63, 3.8) is 0 Å². The van der Waals surface area contributed by atoms with Crippen molar-refractivity contribution in [2.24, 2.45) is 28.6 Å². The second-order valence-electron chi connectivity index (χ2n) is 11.0. The summed E-state index contributed by atoms with van der Waals surface area (Å²) in [6, 6.07) is 3.37. The van der Waals surface area contributed by atoms with Crippen LogP contribution in [-0.4, -0.2) is 34.1 Å². The molecule has 0 bridgehead atoms. The molecule has 5 fully saturated rings. The summed E-state index contributed by atoms with van der Waals surface area (Å²) in [6.45, 7) is 4.64. The van der Waals surface area contributed by atoms with Crippen LogP contribution in [0.2, 0.25) is 0 Å². The van der Waals surface area contributed by atoms with Gasteiger partial charge in [0.15, 0.2) is 0 Å². The van der Waals surface area contributed by atoms with Gasteiger partial charge in [-0.2, -0.15) is 0 Å². The molecule has 2 N–H and O–H groups in total. The summed E-state index contributed by atoms with van der Waals surface area (Å²) in [5, 5.41) is 21.8. The Kier molecular flexibility index (Phi) is 3.68. The maximum atomic E-state index is 11.6. The Morgan fingerprint density at radius 3 is 2.62 bits per heavy atom. The first-order chi connectivity index (χ1) is 13.8. The summed E-state index contributed by atoms with van der Waals surface area (Å²) in [7, 11) is 0. The SMILES string of the molecule is C[C@]12CC[C@H](O)C[C@H]1CC[C@@H]1[C@@H]2C[C@@H](O)[C@]2(C)[C@@H](c3ccc(=O)oc3)C[C@H]3O[C@]132. The van der Waals surface area contributed by atoms with Gasteiger partial charge < -0.3 is 19.4 Å². The molecule has 5 aliphatic rings. The van der Waals surface area contributed by atoms with E-state index in [-0.39, 0.29) is 40.2 Å². The molecule has 0 aromatic carbocycles. The quantitative estimate of drug-likeness (QED) is 0.707. The molecule has 2 heterocycles. The molecular weight excluding hydrogens is 368 g/mol. The van der Waals surface area contributed by atoms with E-state index in [9.17, 15) is 15.0 Å². The molecule has 1 aliphatic heterocycles. The zero-order valence-electron chi connectivity index (χ0n) is 17.3. The summed E-state index contributed by atoms with van der Waals surface area (Å²) in [4.78, 5) is 11.5. The predicted molar refractivity (Wildman–Crippen MR) is 106 cm³/mol. The second-order valence-corrected chi connectivity index (χ2v) is 11.0. The van der Waals surface area contributed by atoms with Crippen molar-refractivity contribution in [2.75, 3.05) is 0 Å². The molecule has 10 atom stereocenters. The summed E-state index contributed by atoms with van der Waals surface area (Å²) in [5.74, 6) is 1.63. The van der Waals surface area contributed by atoms with Crippen molar-refractivity contribution in [3.05, 3.63) is 34.4 Å². The normalized spacial score (nSPS) is 55.4. The zero-order chi connectivity index (χ0) is 20.2. The lowest BCUT2D eigenvalue weighted by molar-refractivity contribution is -0.182. The number of epoxide rings is 1. The molecule has 6 rings (SSSR count). The van der Waals surface area contributed by atoms with Crippen molar-refractivity contribution >= 4 is 0 Å². The van der Waals surface area contributed by atoms with Crippen LogP contribution in [0.25, 0.3) is 0 Å². The Hall–Kier alpha value is -1.17. The lowest BCUT2D eigenvalue weighted by Gasteiger charge is -2.62. The molecule has 4 aliphatic carbocycles. The molecule has 1 saturated heterocycles. The maximum Gasteiger partial charge on any atom is 0.335 e. The standard InChI is InChI=1S/C24H32O5/c1-22-8-7-15(25)9-14(22)4-5-16-18(22)10-19(26)23(2)17(11-20-24(16,23)29-20)13-3-6-21(27)28-12-13/h3,6,12,14-20,25-26H,4-5,7-11H2,1-2H3/t14-,15+,16-,17-,18+,19-,20-,22+,23+,24-/m1/s1. The highest BCUT2D eigenvalue weighted by molar-refractivity contribution is 5.36. The lowest BCUT2D eigenvalue weighted by Crippen LogP contribution is -2.63. The minimum atomic E-state index is -0.435. The highest BCUT2D eigenvalue weighted by atomic mass is 16.6. The Labute approximate surface area is 171 Å². The van der Waals surface area contributed by atoms with Crippen LogP contribution in [0.5, 0.6) is 0 Å². The van der Waals surface area contributed by atoms with E-state index < -0.39 is 6.10 Å². The Morgan fingerprint density at radius 1 is 1.03 bits per heavy atom. The van der Waals surface area contributed by atoms with Gasteiger partial charge in [-0.3, -0.25) is 0 Å². The van der Waals surface area contributed by atoms with Crippen LogP contribution in [0.1, 0.15) is 70.3 Å². The van der Waals surface area contributed by atoms with E-state index in [1.54, 1.807) is 6.26 Å². The van der Waals surface area contributed by atoms with Crippen LogP contribution in [-0.2, 0) is 4.74 Å². The Bertz CT molecular complexity index is 875. The molecule has 4 saturated carbocycles. The Morgan fingerprint density at radius 2 is 1.86 bits per heavy atom. The van der Waals surface area contributed by atoms with E-state index in [0.29, 0.717) is 17.8 Å². The van der Waals surface area contributed by atoms with Crippen molar-refractivity contribution in [2.45, 2.75) is 88.6 Å². The average molecular weight is 401 g/mol. The van der Waals surface area contributed by atoms with E-state index in [1.807, 2.05) is 6.07 Å². The fourth-order valence-electron chi connectivity index (χ4n) is 8.70. The van der Waals surface area contributed by atoms with Gasteiger partial charge in [-0.1, -0.05) is 13.8 Å². The molecule has 1 aromatic heterocycles. The minimum Gasteiger partial charge on any atom is -0.431 e. The zero-order valence-corrected chi connectivity index (χ0v) is 17.3. The smallest absolute Gasteiger partial charge is 0.335 e. The number of aliphatic hydroxyl groups is 2. The molecule has 29 heavy (non-hydrogen) atoms. The molecular formula is C24H32O5. The van der Waals surface area contributed by atoms with Crippen LogP contribution in [0.4, 0.5) is 0 Å². The van der Waals surface area contributed by atoms with Crippen LogP contribution in [0, 0.1) is 28.6 Å². The third kappa shape index (κ3) is 2.14. The van der Waals surface area contributed by atoms with Gasteiger partial charge in [-0.15, -0.1) is 0 Å². The van der Waals surface area contributed by atoms with Gasteiger partial charge >= 0.3 is 5.63 Å². The summed E-state index contributed by atoms with van der Waals surface area (Å²) >= 11 is 0. The van der Waals surface area contributed by atoms with Crippen LogP contribution in [0.15, 0.2) is 27.6 Å². The molecule has 0 unspecified atom stereocenters. The van der Waals surface area contributed by atoms with Gasteiger partial charge in [0.2, 0.25) is 0 Å². The van der Waals surface area contributed by atoms with Gasteiger partial charge in [0.1, 0.15) is 5.60 Å². The molecule has 0 radical (unpaired) electrons. The van der Waals surface area contributed by atoms with Crippen LogP contribution in [0.3, 0.4) is 0 Å². The van der Waals surface area contributed by atoms with Gasteiger partial charge in [0.05, 0.1) is 24.6 Å². The van der Waals surface area contributed by atoms with Gasteiger partial charge in [0.25, 0.3) is 0 Å². The van der Waals surface area contributed by atoms with E-state index in [4.69, 9.17) is 9.15 Å². The third-order valence-electron chi connectivity index (χ3n) is 10.3. The molecule has 1 aromatic rings. The highest BCUT2D eigenvalue weighted by Crippen LogP contribution is 2.77. The van der Waals surface area contributed by atoms with Crippen LogP contribution >= 0.6 is 0 Å². The number of hydrogen-bond acceptors (Lipinski definition) is 5. The predicted octanol–water partition coefficient (Wildman–Crippen LogP) is 3.23. The average Bonchev–Trinajstić information content (AvgIpc) is 3.35. The third-order valence-corrected chi connectivity index (χ3v) is 10.3. The number of rotatable bonds is 1. The molecule has 0 amide bonds. The fraction of sp³-hybridized carbons (Fsp3) is 0.792. The highest BCUT2D eigenvalue weighted by Gasteiger charge is 2.82. The number of hydrogen-bond donors (Lipinski definition) is 2. The first-order valence-corrected chi connectivity index (χ1v) is 11.4. The first-order valence-electron chi connectivity index (χ1n) is 11.4. The van der Waals surface area contributed by atoms with Crippen LogP contribution < -0.4 is 5.63 Å². The largest absolute Gasteiger partial charge is 0.431 e. The van der Waals surface area contributed by atoms with Gasteiger partial charge in [0, 0.05) is 17.4 Å². The van der Waals surface area contributed by atoms with E-state index >= 15 is 0 Å². The lowest BCUT2D eigenvalue weighted by atomic mass is 9.43. The van der Waals surface area contributed by atoms with E-state index in [0.717, 1.165) is 50.5 Å². The summed E-state index contributed by atoms with van der Waals surface area (Å²) < 4.78 is 11.7. The number of aliphatic hydroxyl groups excluding tert-OH is 2. The van der Waals surface area contributed by atoms with Gasteiger partial charge in [-0.25, -0.2) is 4.79 Å². The first kappa shape index (κ1) is 18.6. The van der Waals surface area contributed by atoms with Crippen molar-refractivity contribution in [1.82, 2.24) is 0 Å². The number of ether oxygens (including phenoxy) is 1. The maximum absolute atomic E-state index is 11.6. The van der Waals surface area contributed by atoms with E-state index in [1.165, 1.54) is 6.07 Å². The molecule has 1 spiro atoms. The summed E-state index contributed by atoms with van der Waals surface area (Å²) in [5.41, 5.74) is 0.271. The number of fused-ring (bicyclic) bond motifs is 3. The molecule has 5 heteroatoms. The Balaban J connectivity index is 1.39. The summed E-state index contributed by atoms with van der Waals surface area (Å²) in [6.07, 6.45) is 8.04. The fourth-order valence-corrected chi connectivity index (χ4v) is 8.70. The minimum absolute atomic E-state index is 0.153. The van der Waals surface area contributed by atoms with Crippen molar-refractivity contribution in [3.8, 4) is 0 Å². The van der Waals surface area contributed by atoms with Gasteiger partial charge in [-0.05, 0) is 79.7 Å². The second kappa shape index (κ2) is 5.74. The van der Waals surface area contributed by atoms with Crippen molar-refractivity contribution < 1.29 is 19.4 Å². The molecule has 158 valence electrons. The monoisotopic (exact) mass is 400 g/mol.